The van der Waals surface area contributed by atoms with E-state index in [9.17, 15) is 18.0 Å². The molecule has 2 rings (SSSR count). The lowest BCUT2D eigenvalue weighted by Gasteiger charge is -2.33. The van der Waals surface area contributed by atoms with E-state index in [0.717, 1.165) is 10.6 Å². The molecule has 1 N–H and O–H groups in total. The fourth-order valence-corrected chi connectivity index (χ4v) is 4.89. The summed E-state index contributed by atoms with van der Waals surface area (Å²) >= 11 is 12.2. The van der Waals surface area contributed by atoms with Crippen LogP contribution in [-0.4, -0.2) is 64.2 Å². The minimum atomic E-state index is -3.90. The Morgan fingerprint density at radius 2 is 1.65 bits per heavy atom. The van der Waals surface area contributed by atoms with Crippen molar-refractivity contribution in [2.45, 2.75) is 45.8 Å². The van der Waals surface area contributed by atoms with Gasteiger partial charge in [0.1, 0.15) is 12.6 Å². The standard InChI is InChI=1S/C25H33Cl2N3O6S/c1-7-21(25(32)28-16(2)3)29(14-17-8-10-19(26)20(27)12-17)24(31)15-30(37(6,33)34)18-9-11-22(35-4)23(13-18)36-5/h8-13,16,21H,7,14-15H2,1-6H3,(H,28,32)/t21-/m0/s1. The first-order valence-electron chi connectivity index (χ1n) is 11.6. The van der Waals surface area contributed by atoms with Crippen molar-refractivity contribution in [3.8, 4) is 11.5 Å². The summed E-state index contributed by atoms with van der Waals surface area (Å²) in [5.74, 6) is -0.208. The van der Waals surface area contributed by atoms with Gasteiger partial charge in [-0.05, 0) is 50.1 Å². The van der Waals surface area contributed by atoms with Crippen LogP contribution in [0.1, 0.15) is 32.8 Å². The van der Waals surface area contributed by atoms with Gasteiger partial charge in [0, 0.05) is 18.7 Å². The zero-order chi connectivity index (χ0) is 27.9. The molecule has 0 radical (unpaired) electrons. The van der Waals surface area contributed by atoms with Gasteiger partial charge in [0.05, 0.1) is 36.2 Å². The van der Waals surface area contributed by atoms with Crippen molar-refractivity contribution < 1.29 is 27.5 Å². The predicted molar refractivity (Wildman–Crippen MR) is 146 cm³/mol. The molecule has 1 atom stereocenters. The van der Waals surface area contributed by atoms with Crippen LogP contribution in [0.2, 0.25) is 10.0 Å². The van der Waals surface area contributed by atoms with E-state index < -0.39 is 28.5 Å². The van der Waals surface area contributed by atoms with Crippen LogP contribution in [0.4, 0.5) is 5.69 Å². The number of amides is 2. The largest absolute Gasteiger partial charge is 0.493 e. The number of nitrogens with zero attached hydrogens (tertiary/aromatic N) is 2. The number of anilines is 1. The summed E-state index contributed by atoms with van der Waals surface area (Å²) < 4.78 is 37.0. The summed E-state index contributed by atoms with van der Waals surface area (Å²) in [4.78, 5) is 28.1. The molecule has 0 aromatic heterocycles. The summed E-state index contributed by atoms with van der Waals surface area (Å²) in [7, 11) is -1.01. The number of hydrogen-bond acceptors (Lipinski definition) is 6. The van der Waals surface area contributed by atoms with Crippen LogP contribution in [0.25, 0.3) is 0 Å². The molecule has 0 saturated carbocycles. The Bertz CT molecular complexity index is 1220. The Hall–Kier alpha value is -2.69. The summed E-state index contributed by atoms with van der Waals surface area (Å²) in [5, 5.41) is 3.49. The highest BCUT2D eigenvalue weighted by Crippen LogP contribution is 2.32. The Labute approximate surface area is 228 Å². The number of rotatable bonds is 12. The zero-order valence-electron chi connectivity index (χ0n) is 21.7. The second kappa shape index (κ2) is 13.2. The van der Waals surface area contributed by atoms with E-state index in [2.05, 4.69) is 5.32 Å². The molecule has 12 heteroatoms. The second-order valence-corrected chi connectivity index (χ2v) is 11.4. The summed E-state index contributed by atoms with van der Waals surface area (Å²) in [6.07, 6.45) is 1.31. The van der Waals surface area contributed by atoms with E-state index in [1.807, 2.05) is 13.8 Å². The monoisotopic (exact) mass is 573 g/mol. The van der Waals surface area contributed by atoms with Gasteiger partial charge in [-0.15, -0.1) is 0 Å². The van der Waals surface area contributed by atoms with Crippen LogP contribution in [0.15, 0.2) is 36.4 Å². The van der Waals surface area contributed by atoms with Gasteiger partial charge in [-0.2, -0.15) is 0 Å². The van der Waals surface area contributed by atoms with Gasteiger partial charge in [-0.3, -0.25) is 13.9 Å². The Balaban J connectivity index is 2.51. The molecule has 0 saturated heterocycles. The van der Waals surface area contributed by atoms with Gasteiger partial charge in [0.2, 0.25) is 21.8 Å². The molecule has 0 bridgehead atoms. The van der Waals surface area contributed by atoms with Crippen molar-refractivity contribution in [3.05, 3.63) is 52.0 Å². The van der Waals surface area contributed by atoms with Crippen LogP contribution in [0.3, 0.4) is 0 Å². The van der Waals surface area contributed by atoms with E-state index in [1.165, 1.54) is 31.3 Å². The van der Waals surface area contributed by atoms with Crippen molar-refractivity contribution >= 4 is 50.7 Å². The van der Waals surface area contributed by atoms with Gasteiger partial charge in [-0.1, -0.05) is 36.2 Å². The topological polar surface area (TPSA) is 105 Å². The van der Waals surface area contributed by atoms with Gasteiger partial charge in [-0.25, -0.2) is 8.42 Å². The third-order valence-electron chi connectivity index (χ3n) is 5.49. The van der Waals surface area contributed by atoms with E-state index in [0.29, 0.717) is 33.5 Å². The highest BCUT2D eigenvalue weighted by atomic mass is 35.5. The number of carbonyl (C=O) groups is 2. The van der Waals surface area contributed by atoms with Crippen LogP contribution in [0, 0.1) is 0 Å². The molecular formula is C25H33Cl2N3O6S. The second-order valence-electron chi connectivity index (χ2n) is 8.67. The lowest BCUT2D eigenvalue weighted by molar-refractivity contribution is -0.140. The normalized spacial score (nSPS) is 12.1. The molecule has 0 aliphatic heterocycles. The maximum Gasteiger partial charge on any atom is 0.244 e. The maximum absolute atomic E-state index is 13.7. The quantitative estimate of drug-likeness (QED) is 0.409. The van der Waals surface area contributed by atoms with Crippen molar-refractivity contribution in [3.63, 3.8) is 0 Å². The summed E-state index contributed by atoms with van der Waals surface area (Å²) in [6, 6.07) is 8.45. The number of nitrogens with one attached hydrogen (secondary N) is 1. The van der Waals surface area contributed by atoms with E-state index in [4.69, 9.17) is 32.7 Å². The molecular weight excluding hydrogens is 541 g/mol. The SMILES string of the molecule is CC[C@@H](C(=O)NC(C)C)N(Cc1ccc(Cl)c(Cl)c1)C(=O)CN(c1ccc(OC)c(OC)c1)S(C)(=O)=O. The Morgan fingerprint density at radius 3 is 2.16 bits per heavy atom. The average Bonchev–Trinajstić information content (AvgIpc) is 2.82. The molecule has 0 fully saturated rings. The number of methoxy groups -OCH3 is 2. The number of carbonyl (C=O) groups excluding carboxylic acids is 2. The van der Waals surface area contributed by atoms with Gasteiger partial charge in [0.15, 0.2) is 11.5 Å². The lowest BCUT2D eigenvalue weighted by Crippen LogP contribution is -2.53. The fourth-order valence-electron chi connectivity index (χ4n) is 3.73. The number of benzene rings is 2. The highest BCUT2D eigenvalue weighted by molar-refractivity contribution is 7.92. The number of sulfonamides is 1. The molecule has 0 spiro atoms. The van der Waals surface area contributed by atoms with Crippen molar-refractivity contribution in [1.82, 2.24) is 10.2 Å². The van der Waals surface area contributed by atoms with Crippen LogP contribution in [0.5, 0.6) is 11.5 Å². The summed E-state index contributed by atoms with van der Waals surface area (Å²) in [6.45, 7) is 4.89. The molecule has 2 aromatic carbocycles. The first kappa shape index (κ1) is 30.5. The maximum atomic E-state index is 13.7. The number of halogens is 2. The zero-order valence-corrected chi connectivity index (χ0v) is 24.1. The first-order chi connectivity index (χ1) is 17.3. The fraction of sp³-hybridized carbons (Fsp3) is 0.440. The first-order valence-corrected chi connectivity index (χ1v) is 14.2. The van der Waals surface area contributed by atoms with Crippen LogP contribution < -0.4 is 19.1 Å². The molecule has 9 nitrogen and oxygen atoms in total. The molecule has 0 heterocycles. The van der Waals surface area contributed by atoms with Crippen LogP contribution >= 0.6 is 23.2 Å². The van der Waals surface area contributed by atoms with E-state index in [-0.39, 0.29) is 24.2 Å². The third-order valence-corrected chi connectivity index (χ3v) is 7.37. The van der Waals surface area contributed by atoms with E-state index in [1.54, 1.807) is 31.2 Å². The Morgan fingerprint density at radius 1 is 1.00 bits per heavy atom. The molecule has 2 amide bonds. The predicted octanol–water partition coefficient (Wildman–Crippen LogP) is 4.11. The van der Waals surface area contributed by atoms with Gasteiger partial charge >= 0.3 is 0 Å². The smallest absolute Gasteiger partial charge is 0.244 e. The number of ether oxygens (including phenoxy) is 2. The van der Waals surface area contributed by atoms with Crippen molar-refractivity contribution in [1.29, 1.82) is 0 Å². The number of hydrogen-bond donors (Lipinski definition) is 1. The molecule has 0 aliphatic rings. The van der Waals surface area contributed by atoms with Crippen LogP contribution in [-0.2, 0) is 26.2 Å². The molecule has 204 valence electrons. The summed E-state index contributed by atoms with van der Waals surface area (Å²) in [5.41, 5.74) is 0.846. The highest BCUT2D eigenvalue weighted by Gasteiger charge is 2.32. The minimum Gasteiger partial charge on any atom is -0.493 e. The third kappa shape index (κ3) is 8.15. The molecule has 0 unspecified atom stereocenters. The molecule has 0 aliphatic carbocycles. The minimum absolute atomic E-state index is 0.0171. The Kier molecular flexibility index (Phi) is 10.9. The average molecular weight is 575 g/mol. The van der Waals surface area contributed by atoms with Gasteiger partial charge < -0.3 is 19.7 Å². The van der Waals surface area contributed by atoms with E-state index >= 15 is 0 Å². The lowest BCUT2D eigenvalue weighted by atomic mass is 10.1. The molecule has 37 heavy (non-hydrogen) atoms. The van der Waals surface area contributed by atoms with Gasteiger partial charge in [0.25, 0.3) is 0 Å². The van der Waals surface area contributed by atoms with Crippen molar-refractivity contribution in [2.24, 2.45) is 0 Å². The molecule has 2 aromatic rings. The van der Waals surface area contributed by atoms with Crippen molar-refractivity contribution in [2.75, 3.05) is 31.3 Å².